The van der Waals surface area contributed by atoms with E-state index in [0.717, 1.165) is 0 Å². The summed E-state index contributed by atoms with van der Waals surface area (Å²) in [5.41, 5.74) is 0. The van der Waals surface area contributed by atoms with E-state index in [1.807, 2.05) is 13.8 Å². The molecule has 0 N–H and O–H groups in total. The molecule has 0 amide bonds. The summed E-state index contributed by atoms with van der Waals surface area (Å²) in [5, 5.41) is 0. The van der Waals surface area contributed by atoms with Crippen LogP contribution < -0.4 is 0 Å². The van der Waals surface area contributed by atoms with Gasteiger partial charge < -0.3 is 0 Å². The van der Waals surface area contributed by atoms with Crippen LogP contribution in [-0.2, 0) is 0 Å². The molecule has 0 aliphatic carbocycles. The highest BCUT2D eigenvalue weighted by Crippen LogP contribution is 2.20. The minimum Gasteiger partial charge on any atom is -0.0776 e. The van der Waals surface area contributed by atoms with Crippen molar-refractivity contribution < 1.29 is 1.37 Å². The van der Waals surface area contributed by atoms with Gasteiger partial charge in [-0.2, -0.15) is 0 Å². The van der Waals surface area contributed by atoms with Crippen molar-refractivity contribution >= 4 is 7.85 Å². The first-order valence-corrected chi connectivity index (χ1v) is 3.64. The van der Waals surface area contributed by atoms with Gasteiger partial charge in [-0.05, 0) is 18.2 Å². The van der Waals surface area contributed by atoms with Gasteiger partial charge >= 0.3 is 0 Å². The van der Waals surface area contributed by atoms with Gasteiger partial charge in [-0.15, -0.1) is 0 Å². The van der Waals surface area contributed by atoms with Gasteiger partial charge in [0.25, 0.3) is 0 Å². The van der Waals surface area contributed by atoms with Gasteiger partial charge in [0.2, 0.25) is 0 Å². The van der Waals surface area contributed by atoms with Crippen LogP contribution in [0.4, 0.5) is 0 Å². The van der Waals surface area contributed by atoms with E-state index in [4.69, 9.17) is 9.22 Å². The quantitative estimate of drug-likeness (QED) is 0.508. The third-order valence-electron chi connectivity index (χ3n) is 1.52. The molecule has 0 aromatic carbocycles. The SMILES string of the molecule is [2H]C(C(C)C)C(C)C([B])C. The molecule has 0 aliphatic rings. The molecule has 0 aliphatic heterocycles. The van der Waals surface area contributed by atoms with Crippen molar-refractivity contribution in [1.82, 2.24) is 0 Å². The Morgan fingerprint density at radius 3 is 1.89 bits per heavy atom. The van der Waals surface area contributed by atoms with E-state index in [0.29, 0.717) is 11.8 Å². The fraction of sp³-hybridized carbons (Fsp3) is 1.00. The van der Waals surface area contributed by atoms with Gasteiger partial charge in [-0.25, -0.2) is 0 Å². The Bertz CT molecular complexity index is 79.3. The number of rotatable bonds is 3. The molecule has 0 bridgehead atoms. The normalized spacial score (nSPS) is 23.0. The highest BCUT2D eigenvalue weighted by molar-refractivity contribution is 6.11. The smallest absolute Gasteiger partial charge is 0.0699 e. The van der Waals surface area contributed by atoms with Crippen LogP contribution in [0.2, 0.25) is 5.82 Å². The molecule has 2 radical (unpaired) electrons. The van der Waals surface area contributed by atoms with Crippen LogP contribution >= 0.6 is 0 Å². The number of hydrogen-bond acceptors (Lipinski definition) is 0. The van der Waals surface area contributed by atoms with Gasteiger partial charge in [-0.1, -0.05) is 33.5 Å². The van der Waals surface area contributed by atoms with E-state index >= 15 is 0 Å². The van der Waals surface area contributed by atoms with Gasteiger partial charge in [0.15, 0.2) is 0 Å². The first-order chi connectivity index (χ1) is 4.46. The minimum atomic E-state index is -0.0139. The maximum absolute atomic E-state index is 7.68. The van der Waals surface area contributed by atoms with Crippen molar-refractivity contribution in [3.05, 3.63) is 0 Å². The van der Waals surface area contributed by atoms with Crippen molar-refractivity contribution in [3.8, 4) is 0 Å². The zero-order chi connectivity index (χ0) is 8.31. The van der Waals surface area contributed by atoms with E-state index in [-0.39, 0.29) is 12.2 Å². The number of hydrogen-bond donors (Lipinski definition) is 0. The molecule has 1 heteroatoms. The van der Waals surface area contributed by atoms with E-state index in [9.17, 15) is 0 Å². The molecule has 0 aromatic rings. The Balaban J connectivity index is 3.81. The van der Waals surface area contributed by atoms with E-state index in [1.165, 1.54) is 0 Å². The average molecular weight is 125 g/mol. The summed E-state index contributed by atoms with van der Waals surface area (Å²) in [7, 11) is 5.65. The predicted molar refractivity (Wildman–Crippen MR) is 43.8 cm³/mol. The molecule has 0 saturated heterocycles. The summed E-state index contributed by atoms with van der Waals surface area (Å²) < 4.78 is 7.68. The minimum absolute atomic E-state index is 0.0139. The van der Waals surface area contributed by atoms with Gasteiger partial charge in [-0.3, -0.25) is 0 Å². The summed E-state index contributed by atoms with van der Waals surface area (Å²) in [6, 6.07) is 0. The van der Waals surface area contributed by atoms with Gasteiger partial charge in [0.1, 0.15) is 0 Å². The monoisotopic (exact) mass is 125 g/mol. The van der Waals surface area contributed by atoms with E-state index < -0.39 is 0 Å². The maximum Gasteiger partial charge on any atom is 0.0699 e. The predicted octanol–water partition coefficient (Wildman–Crippen LogP) is 2.65. The lowest BCUT2D eigenvalue weighted by Crippen LogP contribution is -2.05. The first kappa shape index (κ1) is 7.18. The highest BCUT2D eigenvalue weighted by Gasteiger charge is 2.07. The molecule has 52 valence electrons. The largest absolute Gasteiger partial charge is 0.0776 e. The lowest BCUT2D eigenvalue weighted by molar-refractivity contribution is 0.429. The van der Waals surface area contributed by atoms with Crippen LogP contribution in [0.15, 0.2) is 0 Å². The summed E-state index contributed by atoms with van der Waals surface area (Å²) in [5.74, 6) is 0.867. The van der Waals surface area contributed by atoms with Gasteiger partial charge in [0.05, 0.1) is 7.85 Å². The Kier molecular flexibility index (Phi) is 3.17. The third kappa shape index (κ3) is 4.56. The molecular formula is C8H17B. The van der Waals surface area contributed by atoms with Crippen molar-refractivity contribution in [2.24, 2.45) is 11.8 Å². The molecule has 0 saturated carbocycles. The molecule has 0 fully saturated rings. The Labute approximate surface area is 61.9 Å². The van der Waals surface area contributed by atoms with Crippen molar-refractivity contribution in [3.63, 3.8) is 0 Å². The van der Waals surface area contributed by atoms with Crippen molar-refractivity contribution in [2.75, 3.05) is 0 Å². The lowest BCUT2D eigenvalue weighted by atomic mass is 9.76. The molecule has 0 heterocycles. The molecule has 3 unspecified atom stereocenters. The van der Waals surface area contributed by atoms with Crippen molar-refractivity contribution in [2.45, 2.75) is 39.9 Å². The first-order valence-electron chi connectivity index (χ1n) is 4.22. The summed E-state index contributed by atoms with van der Waals surface area (Å²) >= 11 is 0. The fourth-order valence-corrected chi connectivity index (χ4v) is 0.782. The molecule has 0 aromatic heterocycles. The second-order valence-corrected chi connectivity index (χ2v) is 3.15. The Hall–Kier alpha value is 0.0649. The van der Waals surface area contributed by atoms with E-state index in [1.54, 1.807) is 0 Å². The van der Waals surface area contributed by atoms with Gasteiger partial charge in [0, 0.05) is 1.37 Å². The lowest BCUT2D eigenvalue weighted by Gasteiger charge is -2.17. The molecule has 0 spiro atoms. The standard InChI is InChI=1S/C8H17B/c1-6(2)5-7(3)8(4)9/h6-8H,5H2,1-4H3/i5D. The average Bonchev–Trinajstić information content (AvgIpc) is 1.84. The Morgan fingerprint density at radius 2 is 1.78 bits per heavy atom. The molecular weight excluding hydrogens is 107 g/mol. The third-order valence-corrected chi connectivity index (χ3v) is 1.52. The summed E-state index contributed by atoms with van der Waals surface area (Å²) in [6.07, 6.45) is -0.0139. The molecule has 0 nitrogen and oxygen atoms in total. The zero-order valence-electron chi connectivity index (χ0n) is 7.89. The zero-order valence-corrected chi connectivity index (χ0v) is 6.89. The van der Waals surface area contributed by atoms with E-state index in [2.05, 4.69) is 13.8 Å². The van der Waals surface area contributed by atoms with Crippen LogP contribution in [-0.4, -0.2) is 7.85 Å². The second kappa shape index (κ2) is 3.97. The topological polar surface area (TPSA) is 0 Å². The fourth-order valence-electron chi connectivity index (χ4n) is 0.782. The highest BCUT2D eigenvalue weighted by atomic mass is 14.1. The molecule has 3 atom stereocenters. The maximum atomic E-state index is 7.68. The van der Waals surface area contributed by atoms with Crippen LogP contribution in [0.5, 0.6) is 0 Å². The molecule has 0 rings (SSSR count). The van der Waals surface area contributed by atoms with Crippen LogP contribution in [0.1, 0.15) is 35.5 Å². The summed E-state index contributed by atoms with van der Waals surface area (Å²) in [4.78, 5) is 0. The van der Waals surface area contributed by atoms with Crippen LogP contribution in [0.25, 0.3) is 0 Å². The Morgan fingerprint density at radius 1 is 1.33 bits per heavy atom. The second-order valence-electron chi connectivity index (χ2n) is 3.15. The van der Waals surface area contributed by atoms with Crippen molar-refractivity contribution in [1.29, 1.82) is 0 Å². The van der Waals surface area contributed by atoms with Crippen LogP contribution in [0.3, 0.4) is 0 Å². The summed E-state index contributed by atoms with van der Waals surface area (Å²) in [6.45, 7) is 8.14. The molecule has 9 heavy (non-hydrogen) atoms. The van der Waals surface area contributed by atoms with Crippen LogP contribution in [0, 0.1) is 11.8 Å².